The lowest BCUT2D eigenvalue weighted by Gasteiger charge is -2.10. The Hall–Kier alpha value is -3.44. The third-order valence-electron chi connectivity index (χ3n) is 4.83. The standard InChI is InChI=1S/C24H26N4O5S2/c1-5-7-19-12-17(13-34-19)21-26-27-24(28(21)8-6-2)35-14-20(29)25-18-10-15(22(30)32-3)9-16(11-18)23(31)33-4/h6,9-13H,2,5,7-8,14H2,1,3-4H3,(H,25,29). The molecule has 3 aromatic rings. The van der Waals surface area contributed by atoms with Crippen molar-refractivity contribution >= 4 is 46.6 Å². The molecule has 1 aromatic carbocycles. The van der Waals surface area contributed by atoms with E-state index in [9.17, 15) is 14.4 Å². The maximum Gasteiger partial charge on any atom is 0.337 e. The van der Waals surface area contributed by atoms with Gasteiger partial charge in [0.15, 0.2) is 11.0 Å². The first kappa shape index (κ1) is 26.2. The van der Waals surface area contributed by atoms with Crippen molar-refractivity contribution in [3.8, 4) is 11.4 Å². The summed E-state index contributed by atoms with van der Waals surface area (Å²) in [4.78, 5) is 37.9. The van der Waals surface area contributed by atoms with Gasteiger partial charge < -0.3 is 14.8 Å². The molecular weight excluding hydrogens is 488 g/mol. The number of amides is 1. The maximum atomic E-state index is 12.7. The van der Waals surface area contributed by atoms with Crippen LogP contribution in [-0.2, 0) is 27.2 Å². The number of thiophene rings is 1. The highest BCUT2D eigenvalue weighted by Gasteiger charge is 2.18. The van der Waals surface area contributed by atoms with Crippen LogP contribution in [0.5, 0.6) is 0 Å². The van der Waals surface area contributed by atoms with Crippen LogP contribution in [0.15, 0.2) is 47.5 Å². The zero-order valence-corrected chi connectivity index (χ0v) is 21.3. The van der Waals surface area contributed by atoms with Crippen molar-refractivity contribution < 1.29 is 23.9 Å². The van der Waals surface area contributed by atoms with Crippen LogP contribution < -0.4 is 5.32 Å². The Kier molecular flexibility index (Phi) is 9.21. The summed E-state index contributed by atoms with van der Waals surface area (Å²) < 4.78 is 11.4. The van der Waals surface area contributed by atoms with Gasteiger partial charge in [0, 0.05) is 28.1 Å². The molecule has 2 heterocycles. The molecule has 11 heteroatoms. The highest BCUT2D eigenvalue weighted by Crippen LogP contribution is 2.28. The molecule has 0 aliphatic rings. The number of benzene rings is 1. The Bertz CT molecular complexity index is 1200. The number of hydrogen-bond donors (Lipinski definition) is 1. The van der Waals surface area contributed by atoms with E-state index in [2.05, 4.69) is 40.5 Å². The van der Waals surface area contributed by atoms with Crippen molar-refractivity contribution in [2.45, 2.75) is 31.5 Å². The fraction of sp³-hybridized carbons (Fsp3) is 0.292. The Balaban J connectivity index is 1.75. The van der Waals surface area contributed by atoms with E-state index in [0.29, 0.717) is 11.7 Å². The average molecular weight is 515 g/mol. The van der Waals surface area contributed by atoms with E-state index in [1.165, 1.54) is 49.1 Å². The van der Waals surface area contributed by atoms with Gasteiger partial charge in [0.2, 0.25) is 5.91 Å². The molecule has 0 bridgehead atoms. The number of esters is 2. The van der Waals surface area contributed by atoms with Gasteiger partial charge in [-0.2, -0.15) is 0 Å². The lowest BCUT2D eigenvalue weighted by molar-refractivity contribution is -0.113. The molecule has 2 aromatic heterocycles. The zero-order chi connectivity index (χ0) is 25.4. The fourth-order valence-corrected chi connectivity index (χ4v) is 4.99. The van der Waals surface area contributed by atoms with E-state index in [1.54, 1.807) is 17.4 Å². The number of ether oxygens (including phenoxy) is 2. The summed E-state index contributed by atoms with van der Waals surface area (Å²) >= 11 is 2.92. The normalized spacial score (nSPS) is 10.6. The number of carbonyl (C=O) groups excluding carboxylic acids is 3. The summed E-state index contributed by atoms with van der Waals surface area (Å²) in [5, 5.41) is 14.0. The van der Waals surface area contributed by atoms with E-state index in [4.69, 9.17) is 9.47 Å². The van der Waals surface area contributed by atoms with Crippen molar-refractivity contribution in [3.63, 3.8) is 0 Å². The number of nitrogens with zero attached hydrogens (tertiary/aromatic N) is 3. The number of allylic oxidation sites excluding steroid dienone is 1. The fourth-order valence-electron chi connectivity index (χ4n) is 3.28. The van der Waals surface area contributed by atoms with E-state index < -0.39 is 11.9 Å². The molecule has 0 aliphatic heterocycles. The highest BCUT2D eigenvalue weighted by molar-refractivity contribution is 7.99. The number of carbonyl (C=O) groups is 3. The lowest BCUT2D eigenvalue weighted by atomic mass is 10.1. The molecule has 0 saturated carbocycles. The van der Waals surface area contributed by atoms with Gasteiger partial charge in [0.05, 0.1) is 31.1 Å². The smallest absolute Gasteiger partial charge is 0.337 e. The first-order chi connectivity index (χ1) is 16.9. The molecule has 3 rings (SSSR count). The molecular formula is C24H26N4O5S2. The largest absolute Gasteiger partial charge is 0.465 e. The SMILES string of the molecule is C=CCn1c(SCC(=O)Nc2cc(C(=O)OC)cc(C(=O)OC)c2)nnc1-c1csc(CCC)c1. The summed E-state index contributed by atoms with van der Waals surface area (Å²) in [6.45, 7) is 6.45. The van der Waals surface area contributed by atoms with Crippen LogP contribution in [0.4, 0.5) is 5.69 Å². The van der Waals surface area contributed by atoms with Gasteiger partial charge in [-0.3, -0.25) is 9.36 Å². The Morgan fingerprint density at radius 3 is 2.40 bits per heavy atom. The number of anilines is 1. The Labute approximate surface area is 211 Å². The molecule has 0 fully saturated rings. The quantitative estimate of drug-likeness (QED) is 0.227. The molecule has 1 N–H and O–H groups in total. The minimum atomic E-state index is -0.638. The topological polar surface area (TPSA) is 112 Å². The van der Waals surface area contributed by atoms with E-state index >= 15 is 0 Å². The second kappa shape index (κ2) is 12.3. The Morgan fingerprint density at radius 1 is 1.11 bits per heavy atom. The first-order valence-electron chi connectivity index (χ1n) is 10.8. The summed E-state index contributed by atoms with van der Waals surface area (Å²) in [5.74, 6) is -0.860. The van der Waals surface area contributed by atoms with Crippen molar-refractivity contribution in [1.82, 2.24) is 14.8 Å². The monoisotopic (exact) mass is 514 g/mol. The zero-order valence-electron chi connectivity index (χ0n) is 19.7. The molecule has 0 spiro atoms. The van der Waals surface area contributed by atoms with Gasteiger partial charge in [-0.25, -0.2) is 9.59 Å². The number of thioether (sulfide) groups is 1. The van der Waals surface area contributed by atoms with Crippen LogP contribution in [0.25, 0.3) is 11.4 Å². The molecule has 1 amide bonds. The van der Waals surface area contributed by atoms with Crippen LogP contribution in [0, 0.1) is 0 Å². The van der Waals surface area contributed by atoms with Crippen molar-refractivity contribution in [2.24, 2.45) is 0 Å². The molecule has 35 heavy (non-hydrogen) atoms. The number of hydrogen-bond acceptors (Lipinski definition) is 9. The van der Waals surface area contributed by atoms with Gasteiger partial charge >= 0.3 is 11.9 Å². The average Bonchev–Trinajstić information content (AvgIpc) is 3.48. The summed E-state index contributed by atoms with van der Waals surface area (Å²) in [7, 11) is 2.47. The molecule has 184 valence electrons. The molecule has 0 saturated heterocycles. The van der Waals surface area contributed by atoms with E-state index in [1.807, 2.05) is 4.57 Å². The molecule has 0 unspecified atom stereocenters. The highest BCUT2D eigenvalue weighted by atomic mass is 32.2. The van der Waals surface area contributed by atoms with Gasteiger partial charge in [0.1, 0.15) is 0 Å². The minimum absolute atomic E-state index is 0.0377. The number of aryl methyl sites for hydroxylation is 1. The summed E-state index contributed by atoms with van der Waals surface area (Å²) in [6, 6.07) is 6.33. The second-order valence-electron chi connectivity index (χ2n) is 7.38. The maximum absolute atomic E-state index is 12.7. The van der Waals surface area contributed by atoms with Crippen molar-refractivity contribution in [1.29, 1.82) is 0 Å². The second-order valence-corrected chi connectivity index (χ2v) is 9.31. The lowest BCUT2D eigenvalue weighted by Crippen LogP contribution is -2.16. The van der Waals surface area contributed by atoms with Crippen LogP contribution in [-0.4, -0.2) is 52.6 Å². The number of nitrogens with one attached hydrogen (secondary N) is 1. The predicted octanol–water partition coefficient (Wildman–Crippen LogP) is 4.45. The summed E-state index contributed by atoms with van der Waals surface area (Å²) in [5.41, 5.74) is 1.49. The van der Waals surface area contributed by atoms with Crippen LogP contribution >= 0.6 is 23.1 Å². The van der Waals surface area contributed by atoms with E-state index in [-0.39, 0.29) is 28.5 Å². The predicted molar refractivity (Wildman–Crippen MR) is 136 cm³/mol. The Morgan fingerprint density at radius 2 is 1.80 bits per heavy atom. The number of methoxy groups -OCH3 is 2. The molecule has 0 atom stereocenters. The van der Waals surface area contributed by atoms with Crippen LogP contribution in [0.2, 0.25) is 0 Å². The number of aromatic nitrogens is 3. The third kappa shape index (κ3) is 6.58. The third-order valence-corrected chi connectivity index (χ3v) is 6.79. The molecule has 9 nitrogen and oxygen atoms in total. The van der Waals surface area contributed by atoms with Gasteiger partial charge in [0.25, 0.3) is 0 Å². The molecule has 0 radical (unpaired) electrons. The summed E-state index contributed by atoms with van der Waals surface area (Å²) in [6.07, 6.45) is 3.83. The van der Waals surface area contributed by atoms with Crippen LogP contribution in [0.1, 0.15) is 38.9 Å². The van der Waals surface area contributed by atoms with Gasteiger partial charge in [-0.05, 0) is 30.7 Å². The number of rotatable bonds is 11. The van der Waals surface area contributed by atoms with Crippen molar-refractivity contribution in [2.75, 3.05) is 25.3 Å². The van der Waals surface area contributed by atoms with Gasteiger partial charge in [-0.1, -0.05) is 31.2 Å². The van der Waals surface area contributed by atoms with E-state index in [0.717, 1.165) is 24.2 Å². The minimum Gasteiger partial charge on any atom is -0.465 e. The molecule has 0 aliphatic carbocycles. The van der Waals surface area contributed by atoms with Crippen LogP contribution in [0.3, 0.4) is 0 Å². The van der Waals surface area contributed by atoms with Crippen molar-refractivity contribution in [3.05, 3.63) is 58.3 Å². The first-order valence-corrected chi connectivity index (χ1v) is 12.6. The van der Waals surface area contributed by atoms with Gasteiger partial charge in [-0.15, -0.1) is 28.1 Å².